The van der Waals surface area contributed by atoms with Crippen LogP contribution < -0.4 is 9.47 Å². The Bertz CT molecular complexity index is 526. The molecule has 1 aliphatic heterocycles. The summed E-state index contributed by atoms with van der Waals surface area (Å²) in [4.78, 5) is 0. The zero-order valence-corrected chi connectivity index (χ0v) is 12.1. The van der Waals surface area contributed by atoms with E-state index in [2.05, 4.69) is 34.1 Å². The lowest BCUT2D eigenvalue weighted by Crippen LogP contribution is -2.22. The molecule has 0 spiro atoms. The Hall–Kier alpha value is -1.48. The van der Waals surface area contributed by atoms with E-state index in [1.165, 1.54) is 11.1 Å². The highest BCUT2D eigenvalue weighted by Gasteiger charge is 2.22. The van der Waals surface area contributed by atoms with Gasteiger partial charge in [0.05, 0.1) is 0 Å². The largest absolute Gasteiger partial charge is 0.490 e. The number of para-hydroxylation sites is 1. The Balaban J connectivity index is 1.56. The molecule has 2 aromatic rings. The molecule has 0 aromatic heterocycles. The summed E-state index contributed by atoms with van der Waals surface area (Å²) in [5, 5.41) is 0.869. The highest BCUT2D eigenvalue weighted by Crippen LogP contribution is 2.28. The molecule has 0 saturated carbocycles. The van der Waals surface area contributed by atoms with Gasteiger partial charge < -0.3 is 9.47 Å². The average molecular weight is 319 g/mol. The predicted molar refractivity (Wildman–Crippen MR) is 79.1 cm³/mol. The zero-order valence-electron chi connectivity index (χ0n) is 10.5. The van der Waals surface area contributed by atoms with Crippen LogP contribution in [-0.4, -0.2) is 12.7 Å². The van der Waals surface area contributed by atoms with E-state index in [1.807, 2.05) is 30.3 Å². The number of rotatable bonds is 4. The molecule has 1 heterocycles. The molecule has 2 aromatic carbocycles. The number of hydrogen-bond donors (Lipinski definition) is 0. The molecular weight excluding hydrogens is 304 g/mol. The number of alkyl halides is 1. The summed E-state index contributed by atoms with van der Waals surface area (Å²) in [7, 11) is 0. The Morgan fingerprint density at radius 2 is 1.89 bits per heavy atom. The predicted octanol–water partition coefficient (Wildman–Crippen LogP) is 3.96. The summed E-state index contributed by atoms with van der Waals surface area (Å²) < 4.78 is 11.6. The molecule has 19 heavy (non-hydrogen) atoms. The van der Waals surface area contributed by atoms with Gasteiger partial charge in [-0.25, -0.2) is 0 Å². The van der Waals surface area contributed by atoms with Crippen molar-refractivity contribution in [2.24, 2.45) is 0 Å². The first kappa shape index (κ1) is 12.5. The van der Waals surface area contributed by atoms with Crippen molar-refractivity contribution in [1.29, 1.82) is 0 Å². The van der Waals surface area contributed by atoms with Crippen LogP contribution in [0.3, 0.4) is 0 Å². The minimum Gasteiger partial charge on any atom is -0.490 e. The fourth-order valence-electron chi connectivity index (χ4n) is 2.21. The normalized spacial score (nSPS) is 16.8. The standard InChI is InChI=1S/C16H15BrO2/c17-10-12-5-7-14(8-6-12)18-11-15-9-13-3-1-2-4-16(13)19-15/h1-8,15H,9-11H2. The summed E-state index contributed by atoms with van der Waals surface area (Å²) in [6.07, 6.45) is 1.04. The third-order valence-electron chi connectivity index (χ3n) is 3.23. The van der Waals surface area contributed by atoms with Gasteiger partial charge in [0.1, 0.15) is 24.2 Å². The smallest absolute Gasteiger partial charge is 0.137 e. The van der Waals surface area contributed by atoms with E-state index in [0.717, 1.165) is 23.2 Å². The van der Waals surface area contributed by atoms with E-state index in [1.54, 1.807) is 0 Å². The van der Waals surface area contributed by atoms with Gasteiger partial charge >= 0.3 is 0 Å². The van der Waals surface area contributed by atoms with Gasteiger partial charge in [-0.05, 0) is 29.3 Å². The molecule has 0 aliphatic carbocycles. The van der Waals surface area contributed by atoms with Crippen LogP contribution in [0, 0.1) is 0 Å². The first-order valence-electron chi connectivity index (χ1n) is 6.37. The molecule has 3 heteroatoms. The van der Waals surface area contributed by atoms with Crippen LogP contribution >= 0.6 is 15.9 Å². The van der Waals surface area contributed by atoms with Crippen molar-refractivity contribution < 1.29 is 9.47 Å². The first-order chi connectivity index (χ1) is 9.35. The van der Waals surface area contributed by atoms with Crippen LogP contribution in [-0.2, 0) is 11.8 Å². The Kier molecular flexibility index (Phi) is 3.74. The molecule has 2 nitrogen and oxygen atoms in total. The van der Waals surface area contributed by atoms with Gasteiger partial charge in [-0.2, -0.15) is 0 Å². The van der Waals surface area contributed by atoms with Gasteiger partial charge in [0.15, 0.2) is 0 Å². The van der Waals surface area contributed by atoms with Crippen LogP contribution in [0.25, 0.3) is 0 Å². The molecule has 0 N–H and O–H groups in total. The molecule has 98 valence electrons. The number of benzene rings is 2. The summed E-state index contributed by atoms with van der Waals surface area (Å²) in [5.41, 5.74) is 2.52. The van der Waals surface area contributed by atoms with E-state index < -0.39 is 0 Å². The Morgan fingerprint density at radius 1 is 1.11 bits per heavy atom. The van der Waals surface area contributed by atoms with Crippen molar-refractivity contribution in [2.45, 2.75) is 17.9 Å². The third kappa shape index (κ3) is 2.92. The molecule has 0 fully saturated rings. The van der Waals surface area contributed by atoms with Crippen LogP contribution in [0.5, 0.6) is 11.5 Å². The van der Waals surface area contributed by atoms with E-state index >= 15 is 0 Å². The summed E-state index contributed by atoms with van der Waals surface area (Å²) >= 11 is 3.43. The summed E-state index contributed by atoms with van der Waals surface area (Å²) in [6, 6.07) is 16.3. The average Bonchev–Trinajstić information content (AvgIpc) is 2.88. The molecule has 0 bridgehead atoms. The second kappa shape index (κ2) is 5.66. The van der Waals surface area contributed by atoms with Crippen molar-refractivity contribution in [3.05, 3.63) is 59.7 Å². The van der Waals surface area contributed by atoms with Crippen LogP contribution in [0.15, 0.2) is 48.5 Å². The van der Waals surface area contributed by atoms with Gasteiger partial charge in [0.2, 0.25) is 0 Å². The minimum absolute atomic E-state index is 0.119. The lowest BCUT2D eigenvalue weighted by atomic mass is 10.1. The fraction of sp³-hybridized carbons (Fsp3) is 0.250. The lowest BCUT2D eigenvalue weighted by molar-refractivity contribution is 0.148. The molecule has 1 unspecified atom stereocenters. The number of hydrogen-bond acceptors (Lipinski definition) is 2. The summed E-state index contributed by atoms with van der Waals surface area (Å²) in [6.45, 7) is 0.586. The molecule has 0 amide bonds. The molecule has 0 radical (unpaired) electrons. The highest BCUT2D eigenvalue weighted by atomic mass is 79.9. The van der Waals surface area contributed by atoms with Crippen molar-refractivity contribution >= 4 is 15.9 Å². The number of halogens is 1. The van der Waals surface area contributed by atoms with Crippen molar-refractivity contribution in [2.75, 3.05) is 6.61 Å². The maximum absolute atomic E-state index is 5.84. The number of ether oxygens (including phenoxy) is 2. The monoisotopic (exact) mass is 318 g/mol. The SMILES string of the molecule is BrCc1ccc(OCC2Cc3ccccc3O2)cc1. The quantitative estimate of drug-likeness (QED) is 0.794. The van der Waals surface area contributed by atoms with Crippen LogP contribution in [0.4, 0.5) is 0 Å². The van der Waals surface area contributed by atoms with Gasteiger partial charge in [0, 0.05) is 11.8 Å². The van der Waals surface area contributed by atoms with Gasteiger partial charge in [-0.15, -0.1) is 0 Å². The topological polar surface area (TPSA) is 18.5 Å². The fourth-order valence-corrected chi connectivity index (χ4v) is 2.58. The molecule has 1 aliphatic rings. The molecular formula is C16H15BrO2. The van der Waals surface area contributed by atoms with Gasteiger partial charge in [-0.3, -0.25) is 0 Å². The second-order valence-electron chi connectivity index (χ2n) is 4.64. The van der Waals surface area contributed by atoms with Gasteiger partial charge in [-0.1, -0.05) is 46.3 Å². The van der Waals surface area contributed by atoms with Crippen molar-refractivity contribution in [3.8, 4) is 11.5 Å². The van der Waals surface area contributed by atoms with E-state index in [0.29, 0.717) is 6.61 Å². The zero-order chi connectivity index (χ0) is 13.1. The third-order valence-corrected chi connectivity index (χ3v) is 3.87. The molecule has 3 rings (SSSR count). The summed E-state index contributed by atoms with van der Waals surface area (Å²) in [5.74, 6) is 1.88. The minimum atomic E-state index is 0.119. The highest BCUT2D eigenvalue weighted by molar-refractivity contribution is 9.08. The molecule has 0 saturated heterocycles. The van der Waals surface area contributed by atoms with E-state index in [9.17, 15) is 0 Å². The van der Waals surface area contributed by atoms with Crippen LogP contribution in [0.1, 0.15) is 11.1 Å². The maximum Gasteiger partial charge on any atom is 0.137 e. The maximum atomic E-state index is 5.84. The van der Waals surface area contributed by atoms with Gasteiger partial charge in [0.25, 0.3) is 0 Å². The van der Waals surface area contributed by atoms with Crippen molar-refractivity contribution in [3.63, 3.8) is 0 Å². The Labute approximate surface area is 121 Å². The molecule has 1 atom stereocenters. The second-order valence-corrected chi connectivity index (χ2v) is 5.20. The number of fused-ring (bicyclic) bond motifs is 1. The Morgan fingerprint density at radius 3 is 2.63 bits per heavy atom. The van der Waals surface area contributed by atoms with E-state index in [4.69, 9.17) is 9.47 Å². The van der Waals surface area contributed by atoms with Crippen molar-refractivity contribution in [1.82, 2.24) is 0 Å². The lowest BCUT2D eigenvalue weighted by Gasteiger charge is -2.12. The van der Waals surface area contributed by atoms with E-state index in [-0.39, 0.29) is 6.10 Å². The first-order valence-corrected chi connectivity index (χ1v) is 7.49. The van der Waals surface area contributed by atoms with Crippen LogP contribution in [0.2, 0.25) is 0 Å².